The molecule has 2 aliphatic rings. The van der Waals surface area contributed by atoms with Gasteiger partial charge in [0.15, 0.2) is 0 Å². The van der Waals surface area contributed by atoms with E-state index in [9.17, 15) is 0 Å². The third kappa shape index (κ3) is 4.63. The fraction of sp³-hybridized carbons (Fsp3) is 0.478. The van der Waals surface area contributed by atoms with Gasteiger partial charge in [-0.2, -0.15) is 0 Å². The van der Waals surface area contributed by atoms with E-state index in [2.05, 4.69) is 66.4 Å². The lowest BCUT2D eigenvalue weighted by atomic mass is 9.96. The number of hydrogen-bond acceptors (Lipinski definition) is 4. The number of rotatable bonds is 4. The number of aromatic nitrogens is 2. The lowest BCUT2D eigenvalue weighted by molar-refractivity contribution is 0.219. The topological polar surface area (TPSA) is 32.3 Å². The van der Waals surface area contributed by atoms with Crippen LogP contribution in [0.25, 0.3) is 6.08 Å². The monoisotopic (exact) mass is 362 g/mol. The standard InChI is InChI=1S/C23H30N4/c1-18(13-19-7-4-3-5-8-19)15-27-11-6-9-20(17-27)23-24-14-21-16-26(2)12-10-22(21)25-23/h3-5,7-8,13-14,20H,6,9-12,15-17H2,1-2H3. The third-order valence-corrected chi connectivity index (χ3v) is 5.70. The van der Waals surface area contributed by atoms with Gasteiger partial charge >= 0.3 is 0 Å². The van der Waals surface area contributed by atoms with Gasteiger partial charge in [-0.15, -0.1) is 0 Å². The molecule has 1 fully saturated rings. The summed E-state index contributed by atoms with van der Waals surface area (Å²) in [5.41, 5.74) is 5.28. The van der Waals surface area contributed by atoms with Crippen LogP contribution < -0.4 is 0 Å². The molecule has 0 spiro atoms. The normalized spacial score (nSPS) is 21.9. The number of likely N-dealkylation sites (tertiary alicyclic amines) is 1. The van der Waals surface area contributed by atoms with Gasteiger partial charge in [0.05, 0.1) is 0 Å². The van der Waals surface area contributed by atoms with Crippen LogP contribution in [0.2, 0.25) is 0 Å². The number of nitrogens with zero attached hydrogens (tertiary/aromatic N) is 4. The Kier molecular flexibility index (Phi) is 5.65. The predicted octanol–water partition coefficient (Wildman–Crippen LogP) is 3.75. The zero-order valence-electron chi connectivity index (χ0n) is 16.6. The van der Waals surface area contributed by atoms with Crippen molar-refractivity contribution in [1.82, 2.24) is 19.8 Å². The van der Waals surface area contributed by atoms with Gasteiger partial charge in [-0.25, -0.2) is 9.97 Å². The summed E-state index contributed by atoms with van der Waals surface area (Å²) in [6, 6.07) is 10.6. The Bertz CT molecular complexity index is 799. The Hall–Kier alpha value is -2.04. The highest BCUT2D eigenvalue weighted by atomic mass is 15.1. The van der Waals surface area contributed by atoms with Crippen molar-refractivity contribution in [2.24, 2.45) is 0 Å². The quantitative estimate of drug-likeness (QED) is 0.829. The van der Waals surface area contributed by atoms with Gasteiger partial charge in [0, 0.05) is 56.0 Å². The SMILES string of the molecule is CC(=Cc1ccccc1)CN1CCCC(c2ncc3c(n2)CCN(C)C3)C1. The van der Waals surface area contributed by atoms with Gasteiger partial charge in [-0.3, -0.25) is 4.90 Å². The van der Waals surface area contributed by atoms with E-state index in [1.807, 2.05) is 0 Å². The van der Waals surface area contributed by atoms with Crippen LogP contribution in [0.3, 0.4) is 0 Å². The molecule has 0 saturated carbocycles. The molecular weight excluding hydrogens is 332 g/mol. The molecule has 0 amide bonds. The highest BCUT2D eigenvalue weighted by Crippen LogP contribution is 2.26. The van der Waals surface area contributed by atoms with E-state index in [0.717, 1.165) is 38.4 Å². The summed E-state index contributed by atoms with van der Waals surface area (Å²) >= 11 is 0. The van der Waals surface area contributed by atoms with Crippen molar-refractivity contribution < 1.29 is 0 Å². The van der Waals surface area contributed by atoms with E-state index in [1.165, 1.54) is 41.8 Å². The summed E-state index contributed by atoms with van der Waals surface area (Å²) < 4.78 is 0. The minimum Gasteiger partial charge on any atom is -0.302 e. The van der Waals surface area contributed by atoms with Crippen LogP contribution in [0.4, 0.5) is 0 Å². The van der Waals surface area contributed by atoms with Crippen LogP contribution in [0.1, 0.15) is 48.3 Å². The molecule has 0 N–H and O–H groups in total. The fourth-order valence-corrected chi connectivity index (χ4v) is 4.31. The van der Waals surface area contributed by atoms with Crippen LogP contribution in [0.15, 0.2) is 42.1 Å². The van der Waals surface area contributed by atoms with Crippen molar-refractivity contribution in [3.63, 3.8) is 0 Å². The van der Waals surface area contributed by atoms with E-state index in [0.29, 0.717) is 5.92 Å². The van der Waals surface area contributed by atoms with Gasteiger partial charge in [-0.05, 0) is 38.9 Å². The number of benzene rings is 1. The van der Waals surface area contributed by atoms with Crippen molar-refractivity contribution in [3.05, 3.63) is 64.7 Å². The number of likely N-dealkylation sites (N-methyl/N-ethyl adjacent to an activating group) is 1. The molecule has 27 heavy (non-hydrogen) atoms. The number of fused-ring (bicyclic) bond motifs is 1. The molecule has 1 aromatic heterocycles. The fourth-order valence-electron chi connectivity index (χ4n) is 4.31. The predicted molar refractivity (Wildman–Crippen MR) is 111 cm³/mol. The maximum absolute atomic E-state index is 4.97. The molecule has 142 valence electrons. The molecule has 3 heterocycles. The van der Waals surface area contributed by atoms with E-state index in [4.69, 9.17) is 9.97 Å². The maximum atomic E-state index is 4.97. The van der Waals surface area contributed by atoms with E-state index >= 15 is 0 Å². The van der Waals surface area contributed by atoms with E-state index in [-0.39, 0.29) is 0 Å². The van der Waals surface area contributed by atoms with Gasteiger partial charge < -0.3 is 4.90 Å². The highest BCUT2D eigenvalue weighted by molar-refractivity contribution is 5.52. The average molecular weight is 363 g/mol. The molecule has 4 nitrogen and oxygen atoms in total. The second-order valence-corrected chi connectivity index (χ2v) is 8.16. The van der Waals surface area contributed by atoms with Gasteiger partial charge in [0.25, 0.3) is 0 Å². The Balaban J connectivity index is 1.42. The summed E-state index contributed by atoms with van der Waals surface area (Å²) in [5, 5.41) is 0. The van der Waals surface area contributed by atoms with Gasteiger partial charge in [-0.1, -0.05) is 42.0 Å². The van der Waals surface area contributed by atoms with Crippen molar-refractivity contribution >= 4 is 6.08 Å². The van der Waals surface area contributed by atoms with Crippen LogP contribution >= 0.6 is 0 Å². The highest BCUT2D eigenvalue weighted by Gasteiger charge is 2.25. The van der Waals surface area contributed by atoms with Crippen LogP contribution in [0.5, 0.6) is 0 Å². The molecule has 0 bridgehead atoms. The largest absolute Gasteiger partial charge is 0.302 e. The number of piperidine rings is 1. The molecule has 2 aromatic rings. The van der Waals surface area contributed by atoms with Gasteiger partial charge in [0.2, 0.25) is 0 Å². The zero-order chi connectivity index (χ0) is 18.6. The lowest BCUT2D eigenvalue weighted by Crippen LogP contribution is -2.36. The molecule has 2 aliphatic heterocycles. The third-order valence-electron chi connectivity index (χ3n) is 5.70. The molecule has 1 saturated heterocycles. The smallest absolute Gasteiger partial charge is 0.132 e. The Labute approximate surface area is 162 Å². The summed E-state index contributed by atoms with van der Waals surface area (Å²) in [7, 11) is 2.17. The zero-order valence-corrected chi connectivity index (χ0v) is 16.6. The molecule has 1 unspecified atom stereocenters. The second kappa shape index (κ2) is 8.32. The molecule has 0 radical (unpaired) electrons. The summed E-state index contributed by atoms with van der Waals surface area (Å²) in [6.45, 7) is 7.59. The maximum Gasteiger partial charge on any atom is 0.132 e. The first kappa shape index (κ1) is 18.3. The van der Waals surface area contributed by atoms with Crippen LogP contribution in [0, 0.1) is 0 Å². The molecule has 0 aliphatic carbocycles. The van der Waals surface area contributed by atoms with E-state index < -0.39 is 0 Å². The molecular formula is C23H30N4. The van der Waals surface area contributed by atoms with Crippen molar-refractivity contribution in [3.8, 4) is 0 Å². The molecule has 4 heteroatoms. The first-order valence-corrected chi connectivity index (χ1v) is 10.1. The Morgan fingerprint density at radius 3 is 2.93 bits per heavy atom. The Morgan fingerprint density at radius 1 is 1.22 bits per heavy atom. The summed E-state index contributed by atoms with van der Waals surface area (Å²) in [6.07, 6.45) is 7.86. The molecule has 4 rings (SSSR count). The van der Waals surface area contributed by atoms with Crippen LogP contribution in [-0.4, -0.2) is 53.0 Å². The van der Waals surface area contributed by atoms with E-state index in [1.54, 1.807) is 0 Å². The van der Waals surface area contributed by atoms with Crippen molar-refractivity contribution in [1.29, 1.82) is 0 Å². The van der Waals surface area contributed by atoms with Crippen LogP contribution in [-0.2, 0) is 13.0 Å². The van der Waals surface area contributed by atoms with Gasteiger partial charge in [0.1, 0.15) is 5.82 Å². The molecule has 1 aromatic carbocycles. The average Bonchev–Trinajstić information content (AvgIpc) is 2.68. The summed E-state index contributed by atoms with van der Waals surface area (Å²) in [5.74, 6) is 1.53. The lowest BCUT2D eigenvalue weighted by Gasteiger charge is -2.33. The second-order valence-electron chi connectivity index (χ2n) is 8.16. The number of hydrogen-bond donors (Lipinski definition) is 0. The van der Waals surface area contributed by atoms with Crippen molar-refractivity contribution in [2.75, 3.05) is 33.2 Å². The summed E-state index contributed by atoms with van der Waals surface area (Å²) in [4.78, 5) is 14.6. The first-order chi connectivity index (χ1) is 13.2. The first-order valence-electron chi connectivity index (χ1n) is 10.1. The minimum atomic E-state index is 0.466. The van der Waals surface area contributed by atoms with Crippen molar-refractivity contribution in [2.45, 2.75) is 38.6 Å². The molecule has 1 atom stereocenters. The minimum absolute atomic E-state index is 0.466. The Morgan fingerprint density at radius 2 is 2.07 bits per heavy atom.